The molecule has 2 heterocycles. The first-order valence-corrected chi connectivity index (χ1v) is 9.00. The highest BCUT2D eigenvalue weighted by Crippen LogP contribution is 2.31. The van der Waals surface area contributed by atoms with E-state index in [4.69, 9.17) is 13.9 Å². The minimum absolute atomic E-state index is 0.316. The van der Waals surface area contributed by atoms with Crippen molar-refractivity contribution in [3.05, 3.63) is 81.3 Å². The molecule has 2 aromatic carbocycles. The monoisotopic (exact) mass is 378 g/mol. The number of fused-ring (bicyclic) bond motifs is 1. The van der Waals surface area contributed by atoms with Gasteiger partial charge in [-0.3, -0.25) is 0 Å². The Morgan fingerprint density at radius 3 is 2.48 bits per heavy atom. The molecule has 0 saturated carbocycles. The highest BCUT2D eigenvalue weighted by Gasteiger charge is 2.13. The fourth-order valence-electron chi connectivity index (χ4n) is 2.77. The topological polar surface area (TPSA) is 65.7 Å². The van der Waals surface area contributed by atoms with Crippen molar-refractivity contribution in [3.8, 4) is 22.6 Å². The van der Waals surface area contributed by atoms with E-state index in [0.717, 1.165) is 22.3 Å². The van der Waals surface area contributed by atoms with Crippen LogP contribution in [0.4, 0.5) is 0 Å². The van der Waals surface area contributed by atoms with Gasteiger partial charge in [0.15, 0.2) is 0 Å². The highest BCUT2D eigenvalue weighted by molar-refractivity contribution is 7.12. The Labute approximate surface area is 158 Å². The first-order chi connectivity index (χ1) is 13.1. The van der Waals surface area contributed by atoms with E-state index < -0.39 is 11.6 Å². The van der Waals surface area contributed by atoms with Crippen LogP contribution in [0.5, 0.6) is 11.5 Å². The number of carbonyl (C=O) groups excluding carboxylic acids is 1. The van der Waals surface area contributed by atoms with Crippen LogP contribution in [0.15, 0.2) is 75.3 Å². The molecule has 5 nitrogen and oxygen atoms in total. The first-order valence-electron chi connectivity index (χ1n) is 8.12. The van der Waals surface area contributed by atoms with Crippen LogP contribution < -0.4 is 15.1 Å². The summed E-state index contributed by atoms with van der Waals surface area (Å²) in [5.74, 6) is 0.600. The van der Waals surface area contributed by atoms with Crippen molar-refractivity contribution < 1.29 is 18.7 Å². The Bertz CT molecular complexity index is 1160. The molecule has 0 aliphatic heterocycles. The first kappa shape index (κ1) is 17.1. The van der Waals surface area contributed by atoms with Gasteiger partial charge in [0.25, 0.3) is 0 Å². The molecule has 0 amide bonds. The SMILES string of the molecule is COc1ccc(-c2cc(=O)oc3cc(OC(=O)c4cccs4)ccc23)cc1. The molecule has 0 bridgehead atoms. The summed E-state index contributed by atoms with van der Waals surface area (Å²) < 4.78 is 15.9. The van der Waals surface area contributed by atoms with Gasteiger partial charge in [-0.25, -0.2) is 9.59 Å². The Balaban J connectivity index is 1.74. The zero-order valence-corrected chi connectivity index (χ0v) is 15.1. The second-order valence-corrected chi connectivity index (χ2v) is 6.68. The molecule has 0 unspecified atom stereocenters. The molecule has 0 atom stereocenters. The maximum absolute atomic E-state index is 12.1. The second kappa shape index (κ2) is 7.09. The summed E-state index contributed by atoms with van der Waals surface area (Å²) in [6.07, 6.45) is 0. The van der Waals surface area contributed by atoms with Crippen molar-refractivity contribution in [2.24, 2.45) is 0 Å². The van der Waals surface area contributed by atoms with E-state index in [0.29, 0.717) is 16.2 Å². The van der Waals surface area contributed by atoms with Crippen molar-refractivity contribution in [2.75, 3.05) is 7.11 Å². The van der Waals surface area contributed by atoms with E-state index in [1.807, 2.05) is 24.3 Å². The van der Waals surface area contributed by atoms with Crippen molar-refractivity contribution in [2.45, 2.75) is 0 Å². The number of ether oxygens (including phenoxy) is 2. The predicted molar refractivity (Wildman–Crippen MR) is 104 cm³/mol. The summed E-state index contributed by atoms with van der Waals surface area (Å²) in [7, 11) is 1.60. The lowest BCUT2D eigenvalue weighted by Crippen LogP contribution is -2.06. The standard InChI is InChI=1S/C21H14O5S/c1-24-14-6-4-13(5-7-14)17-12-20(22)26-18-11-15(8-9-16(17)18)25-21(23)19-3-2-10-27-19/h2-12H,1H3. The van der Waals surface area contributed by atoms with Crippen molar-refractivity contribution >= 4 is 28.3 Å². The molecule has 0 saturated heterocycles. The number of hydrogen-bond acceptors (Lipinski definition) is 6. The van der Waals surface area contributed by atoms with Crippen LogP contribution in [-0.2, 0) is 0 Å². The van der Waals surface area contributed by atoms with E-state index in [-0.39, 0.29) is 0 Å². The second-order valence-electron chi connectivity index (χ2n) is 5.73. The minimum Gasteiger partial charge on any atom is -0.497 e. The van der Waals surface area contributed by atoms with E-state index in [2.05, 4.69) is 0 Å². The van der Waals surface area contributed by atoms with Crippen molar-refractivity contribution in [1.29, 1.82) is 0 Å². The molecule has 0 aliphatic rings. The number of thiophene rings is 1. The Morgan fingerprint density at radius 1 is 1.00 bits per heavy atom. The third-order valence-corrected chi connectivity index (χ3v) is 4.90. The summed E-state index contributed by atoms with van der Waals surface area (Å²) in [4.78, 5) is 24.6. The smallest absolute Gasteiger partial charge is 0.353 e. The highest BCUT2D eigenvalue weighted by atomic mass is 32.1. The molecule has 0 fully saturated rings. The maximum atomic E-state index is 12.1. The predicted octanol–water partition coefficient (Wildman–Crippen LogP) is 4.75. The summed E-state index contributed by atoms with van der Waals surface area (Å²) in [6.45, 7) is 0. The molecule has 0 spiro atoms. The number of hydrogen-bond donors (Lipinski definition) is 0. The van der Waals surface area contributed by atoms with Crippen molar-refractivity contribution in [1.82, 2.24) is 0 Å². The molecule has 27 heavy (non-hydrogen) atoms. The number of benzene rings is 2. The van der Waals surface area contributed by atoms with Gasteiger partial charge in [-0.2, -0.15) is 0 Å². The largest absolute Gasteiger partial charge is 0.497 e. The number of esters is 1. The zero-order valence-electron chi connectivity index (χ0n) is 14.3. The van der Waals surface area contributed by atoms with Gasteiger partial charge in [0.05, 0.1) is 7.11 Å². The lowest BCUT2D eigenvalue weighted by Gasteiger charge is -2.08. The summed E-state index contributed by atoms with van der Waals surface area (Å²) in [5.41, 5.74) is 1.47. The van der Waals surface area contributed by atoms with Crippen LogP contribution in [-0.4, -0.2) is 13.1 Å². The third-order valence-electron chi connectivity index (χ3n) is 4.05. The molecule has 0 radical (unpaired) electrons. The lowest BCUT2D eigenvalue weighted by atomic mass is 10.0. The summed E-state index contributed by atoms with van der Waals surface area (Å²) in [5, 5.41) is 2.55. The van der Waals surface area contributed by atoms with E-state index in [1.54, 1.807) is 42.8 Å². The van der Waals surface area contributed by atoms with Crippen LogP contribution in [0.25, 0.3) is 22.1 Å². The maximum Gasteiger partial charge on any atom is 0.353 e. The van der Waals surface area contributed by atoms with E-state index >= 15 is 0 Å². The van der Waals surface area contributed by atoms with Gasteiger partial charge >= 0.3 is 11.6 Å². The molecule has 2 aromatic heterocycles. The van der Waals surface area contributed by atoms with Gasteiger partial charge in [0, 0.05) is 17.5 Å². The van der Waals surface area contributed by atoms with Crippen LogP contribution in [0.3, 0.4) is 0 Å². The van der Waals surface area contributed by atoms with Crippen LogP contribution >= 0.6 is 11.3 Å². The lowest BCUT2D eigenvalue weighted by molar-refractivity contribution is 0.0740. The number of carbonyl (C=O) groups is 1. The van der Waals surface area contributed by atoms with Crippen LogP contribution in [0, 0.1) is 0 Å². The average molecular weight is 378 g/mol. The van der Waals surface area contributed by atoms with Crippen LogP contribution in [0.2, 0.25) is 0 Å². The Kier molecular flexibility index (Phi) is 4.48. The molecule has 6 heteroatoms. The summed E-state index contributed by atoms with van der Waals surface area (Å²) in [6, 6.07) is 17.3. The Hall–Kier alpha value is -3.38. The van der Waals surface area contributed by atoms with Gasteiger partial charge in [-0.1, -0.05) is 18.2 Å². The fourth-order valence-corrected chi connectivity index (χ4v) is 3.37. The normalized spacial score (nSPS) is 10.7. The number of methoxy groups -OCH3 is 1. The minimum atomic E-state index is -0.477. The van der Waals surface area contributed by atoms with E-state index in [1.165, 1.54) is 17.4 Å². The molecule has 0 aliphatic carbocycles. The molecular formula is C21H14O5S. The molecule has 134 valence electrons. The average Bonchev–Trinajstić information content (AvgIpc) is 3.22. The van der Waals surface area contributed by atoms with Gasteiger partial charge in [-0.15, -0.1) is 11.3 Å². The third kappa shape index (κ3) is 3.47. The molecule has 4 aromatic rings. The van der Waals surface area contributed by atoms with Gasteiger partial charge < -0.3 is 13.9 Å². The fraction of sp³-hybridized carbons (Fsp3) is 0.0476. The van der Waals surface area contributed by atoms with Gasteiger partial charge in [0.2, 0.25) is 0 Å². The zero-order chi connectivity index (χ0) is 18.8. The quantitative estimate of drug-likeness (QED) is 0.291. The molecule has 4 rings (SSSR count). The van der Waals surface area contributed by atoms with E-state index in [9.17, 15) is 9.59 Å². The number of rotatable bonds is 4. The Morgan fingerprint density at radius 2 is 1.78 bits per heavy atom. The molecule has 0 N–H and O–H groups in total. The molecular weight excluding hydrogens is 364 g/mol. The van der Waals surface area contributed by atoms with Gasteiger partial charge in [-0.05, 0) is 46.8 Å². The van der Waals surface area contributed by atoms with Crippen LogP contribution in [0.1, 0.15) is 9.67 Å². The summed E-state index contributed by atoms with van der Waals surface area (Å²) >= 11 is 1.30. The van der Waals surface area contributed by atoms with Gasteiger partial charge in [0.1, 0.15) is 22.0 Å². The van der Waals surface area contributed by atoms with Crippen molar-refractivity contribution in [3.63, 3.8) is 0 Å².